The van der Waals surface area contributed by atoms with Crippen LogP contribution in [0.3, 0.4) is 0 Å². The van der Waals surface area contributed by atoms with Crippen molar-refractivity contribution in [3.05, 3.63) is 24.3 Å². The quantitative estimate of drug-likeness (QED) is 0.467. The molecular weight excluding hydrogens is 224 g/mol. The van der Waals surface area contributed by atoms with Crippen LogP contribution in [0.1, 0.15) is 28.2 Å². The average Bonchev–Trinajstić information content (AvgIpc) is 2.16. The van der Waals surface area contributed by atoms with E-state index in [1.54, 1.807) is 6.92 Å². The molecule has 5 heteroatoms. The minimum Gasteiger partial charge on any atom is -0.466 e. The molecule has 0 aromatic carbocycles. The Hall–Kier alpha value is -1.62. The topological polar surface area (TPSA) is 72.8 Å². The molecule has 100 valence electrons. The maximum absolute atomic E-state index is 10.5. The van der Waals surface area contributed by atoms with E-state index in [9.17, 15) is 9.59 Å². The smallest absolute Gasteiger partial charge is 0.335 e. The normalized spacial score (nSPS) is 9.71. The maximum Gasteiger partial charge on any atom is 0.335 e. The van der Waals surface area contributed by atoms with Crippen molar-refractivity contribution in [2.24, 2.45) is 0 Å². The summed E-state index contributed by atoms with van der Waals surface area (Å²) in [6.07, 6.45) is -1.05. The molecule has 17 heavy (non-hydrogen) atoms. The van der Waals surface area contributed by atoms with Gasteiger partial charge < -0.3 is 14.6 Å². The fraction of sp³-hybridized carbons (Fsp3) is 0.500. The Morgan fingerprint density at radius 2 is 1.47 bits per heavy atom. The summed E-state index contributed by atoms with van der Waals surface area (Å²) < 4.78 is 8.60. The van der Waals surface area contributed by atoms with Gasteiger partial charge in [0, 0.05) is 11.1 Å². The number of ether oxygens (including phenoxy) is 2. The maximum atomic E-state index is 10.5. The molecule has 0 aliphatic heterocycles. The number of aliphatic hydroxyl groups is 1. The average molecular weight is 246 g/mol. The number of methoxy groups -OCH3 is 1. The van der Waals surface area contributed by atoms with E-state index in [0.29, 0.717) is 5.57 Å². The highest BCUT2D eigenvalue weighted by molar-refractivity contribution is 5.87. The molecule has 0 bridgehead atoms. The Bertz CT molecular complexity index is 279. The molecular formula is C12H22O5. The van der Waals surface area contributed by atoms with Crippen molar-refractivity contribution >= 4 is 11.9 Å². The van der Waals surface area contributed by atoms with Crippen LogP contribution in [-0.2, 0) is 19.1 Å². The predicted molar refractivity (Wildman–Crippen MR) is 66.1 cm³/mol. The predicted octanol–water partition coefficient (Wildman–Crippen LogP) is 1.82. The van der Waals surface area contributed by atoms with Gasteiger partial charge in [0.2, 0.25) is 0 Å². The van der Waals surface area contributed by atoms with Crippen LogP contribution in [0.15, 0.2) is 24.3 Å². The highest BCUT2D eigenvalue weighted by Crippen LogP contribution is 1.94. The summed E-state index contributed by atoms with van der Waals surface area (Å²) in [6, 6.07) is 0. The molecule has 0 aromatic heterocycles. The van der Waals surface area contributed by atoms with Crippen molar-refractivity contribution in [2.45, 2.75) is 34.5 Å². The zero-order valence-electron chi connectivity index (χ0n) is 10.1. The third-order valence-electron chi connectivity index (χ3n) is 1.16. The summed E-state index contributed by atoms with van der Waals surface area (Å²) in [6.45, 7) is 11.2. The molecule has 0 spiro atoms. The molecule has 0 amide bonds. The number of esters is 2. The Labute approximate surface area is 103 Å². The number of aliphatic hydroxyl groups excluding tert-OH is 1. The van der Waals surface area contributed by atoms with Gasteiger partial charge in [0.25, 0.3) is 0 Å². The van der Waals surface area contributed by atoms with Gasteiger partial charge in [-0.1, -0.05) is 20.6 Å². The van der Waals surface area contributed by atoms with Crippen LogP contribution < -0.4 is 0 Å². The number of hydrogen-bond donors (Lipinski definition) is 1. The number of carbonyl (C=O) groups is 2. The van der Waals surface area contributed by atoms with Gasteiger partial charge in [-0.15, -0.1) is 0 Å². The van der Waals surface area contributed by atoms with Gasteiger partial charge in [-0.3, -0.25) is 0 Å². The second-order valence-corrected chi connectivity index (χ2v) is 3.06. The second-order valence-electron chi connectivity index (χ2n) is 3.06. The summed E-state index contributed by atoms with van der Waals surface area (Å²) in [7, 11) is 1.33. The summed E-state index contributed by atoms with van der Waals surface area (Å²) in [5.41, 5.74) is 0.721. The van der Waals surface area contributed by atoms with Crippen LogP contribution in [0.5, 0.6) is 0 Å². The Balaban J connectivity index is -0.000000224. The van der Waals surface area contributed by atoms with Crippen LogP contribution in [0, 0.1) is 0 Å². The highest BCUT2D eigenvalue weighted by Gasteiger charge is 2.04. The monoisotopic (exact) mass is 246 g/mol. The van der Waals surface area contributed by atoms with E-state index in [-0.39, 0.29) is 19.0 Å². The van der Waals surface area contributed by atoms with Gasteiger partial charge in [-0.25, -0.2) is 9.59 Å². The lowest BCUT2D eigenvalue weighted by atomic mass is 10.4. The molecule has 0 aliphatic carbocycles. The first kappa shape index (κ1) is 20.8. The molecule has 0 heterocycles. The summed E-state index contributed by atoms with van der Waals surface area (Å²) in [5, 5.41) is 8.49. The molecule has 0 saturated carbocycles. The van der Waals surface area contributed by atoms with Crippen LogP contribution >= 0.6 is 0 Å². The minimum atomic E-state index is -1.05. The van der Waals surface area contributed by atoms with E-state index in [0.717, 1.165) is 0 Å². The molecule has 0 fully saturated rings. The van der Waals surface area contributed by atoms with Crippen molar-refractivity contribution in [1.82, 2.24) is 0 Å². The minimum absolute atomic E-state index is 0. The van der Waals surface area contributed by atoms with Crippen molar-refractivity contribution in [3.8, 4) is 0 Å². The SMILES string of the molecule is C.C=C(C)C(=O)OC.C=C(C)C(=O)OC(C)O. The van der Waals surface area contributed by atoms with Crippen molar-refractivity contribution in [2.75, 3.05) is 7.11 Å². The van der Waals surface area contributed by atoms with E-state index >= 15 is 0 Å². The van der Waals surface area contributed by atoms with Gasteiger partial charge >= 0.3 is 11.9 Å². The van der Waals surface area contributed by atoms with E-state index in [4.69, 9.17) is 5.11 Å². The van der Waals surface area contributed by atoms with E-state index in [1.807, 2.05) is 0 Å². The number of rotatable bonds is 3. The molecule has 0 aliphatic rings. The van der Waals surface area contributed by atoms with Crippen LogP contribution in [0.25, 0.3) is 0 Å². The Morgan fingerprint density at radius 3 is 1.53 bits per heavy atom. The van der Waals surface area contributed by atoms with E-state index in [1.165, 1.54) is 21.0 Å². The standard InChI is InChI=1S/C6H10O3.C5H8O2.CH4/c1-4(2)6(8)9-5(3)7;1-4(2)5(6)7-3;/h5,7H,1H2,2-3H3;1H2,2-3H3;1H4. The summed E-state index contributed by atoms with van der Waals surface area (Å²) >= 11 is 0. The van der Waals surface area contributed by atoms with Crippen LogP contribution in [0.4, 0.5) is 0 Å². The molecule has 0 rings (SSSR count). The third-order valence-corrected chi connectivity index (χ3v) is 1.16. The lowest BCUT2D eigenvalue weighted by Crippen LogP contribution is -2.13. The van der Waals surface area contributed by atoms with Crippen molar-refractivity contribution < 1.29 is 24.2 Å². The van der Waals surface area contributed by atoms with Gasteiger partial charge in [-0.05, 0) is 20.8 Å². The largest absolute Gasteiger partial charge is 0.466 e. The summed E-state index contributed by atoms with van der Waals surface area (Å²) in [5.74, 6) is -0.912. The molecule has 1 atom stereocenters. The molecule has 5 nitrogen and oxygen atoms in total. The fourth-order valence-electron chi connectivity index (χ4n) is 0.430. The Morgan fingerprint density at radius 1 is 1.12 bits per heavy atom. The fourth-order valence-corrected chi connectivity index (χ4v) is 0.430. The lowest BCUT2D eigenvalue weighted by Gasteiger charge is -2.04. The molecule has 0 aromatic rings. The Kier molecular flexibility index (Phi) is 13.3. The van der Waals surface area contributed by atoms with Crippen LogP contribution in [-0.4, -0.2) is 30.4 Å². The lowest BCUT2D eigenvalue weighted by molar-refractivity contribution is -0.159. The van der Waals surface area contributed by atoms with Crippen LogP contribution in [0.2, 0.25) is 0 Å². The number of carbonyl (C=O) groups excluding carboxylic acids is 2. The molecule has 0 saturated heterocycles. The first-order valence-electron chi connectivity index (χ1n) is 4.50. The van der Waals surface area contributed by atoms with E-state index < -0.39 is 12.3 Å². The van der Waals surface area contributed by atoms with Gasteiger partial charge in [0.15, 0.2) is 6.29 Å². The third kappa shape index (κ3) is 14.4. The number of hydrogen-bond acceptors (Lipinski definition) is 5. The summed E-state index contributed by atoms with van der Waals surface area (Å²) in [4.78, 5) is 20.7. The molecule has 1 N–H and O–H groups in total. The van der Waals surface area contributed by atoms with Crippen molar-refractivity contribution in [3.63, 3.8) is 0 Å². The van der Waals surface area contributed by atoms with Crippen molar-refractivity contribution in [1.29, 1.82) is 0 Å². The second kappa shape index (κ2) is 10.9. The molecule has 0 radical (unpaired) electrons. The molecule has 1 unspecified atom stereocenters. The zero-order valence-corrected chi connectivity index (χ0v) is 10.1. The highest BCUT2D eigenvalue weighted by atomic mass is 16.6. The van der Waals surface area contributed by atoms with Gasteiger partial charge in [0.05, 0.1) is 7.11 Å². The van der Waals surface area contributed by atoms with Gasteiger partial charge in [-0.2, -0.15) is 0 Å². The van der Waals surface area contributed by atoms with E-state index in [2.05, 4.69) is 22.6 Å². The first-order valence-corrected chi connectivity index (χ1v) is 4.50. The van der Waals surface area contributed by atoms with Gasteiger partial charge in [0.1, 0.15) is 0 Å². The first-order chi connectivity index (χ1) is 7.22. The zero-order chi connectivity index (χ0) is 13.3.